The van der Waals surface area contributed by atoms with Gasteiger partial charge in [0.05, 0.1) is 23.0 Å². The summed E-state index contributed by atoms with van der Waals surface area (Å²) in [4.78, 5) is 23.8. The molecule has 7 nitrogen and oxygen atoms in total. The fourth-order valence-electron chi connectivity index (χ4n) is 4.61. The highest BCUT2D eigenvalue weighted by molar-refractivity contribution is 6.32. The van der Waals surface area contributed by atoms with Gasteiger partial charge in [-0.2, -0.15) is 5.26 Å². The van der Waals surface area contributed by atoms with Crippen LogP contribution in [0, 0.1) is 16.7 Å². The van der Waals surface area contributed by atoms with Crippen molar-refractivity contribution in [3.05, 3.63) is 46.9 Å². The molecule has 2 aliphatic rings. The van der Waals surface area contributed by atoms with Crippen LogP contribution in [-0.2, 0) is 0 Å². The molecule has 1 spiro atoms. The molecule has 2 aromatic rings. The first kappa shape index (κ1) is 19.5. The highest BCUT2D eigenvalue weighted by Gasteiger charge is 2.44. The van der Waals surface area contributed by atoms with Crippen molar-refractivity contribution in [3.8, 4) is 6.07 Å². The minimum absolute atomic E-state index is 0.0384. The number of nitriles is 1. The van der Waals surface area contributed by atoms with E-state index in [-0.39, 0.29) is 11.1 Å². The molecule has 0 aliphatic carbocycles. The average molecular weight is 412 g/mol. The molecule has 29 heavy (non-hydrogen) atoms. The van der Waals surface area contributed by atoms with E-state index in [1.807, 2.05) is 12.1 Å². The Labute approximate surface area is 174 Å². The van der Waals surface area contributed by atoms with Gasteiger partial charge in [0.1, 0.15) is 11.9 Å². The lowest BCUT2D eigenvalue weighted by Gasteiger charge is -2.39. The molecule has 8 heteroatoms. The van der Waals surface area contributed by atoms with E-state index in [1.54, 1.807) is 12.3 Å². The van der Waals surface area contributed by atoms with E-state index in [0.717, 1.165) is 50.4 Å². The molecule has 2 aliphatic heterocycles. The zero-order valence-corrected chi connectivity index (χ0v) is 16.9. The Morgan fingerprint density at radius 2 is 2.07 bits per heavy atom. The number of rotatable bonds is 3. The largest absolute Gasteiger partial charge is 0.476 e. The van der Waals surface area contributed by atoms with Crippen LogP contribution < -0.4 is 9.80 Å². The van der Waals surface area contributed by atoms with Gasteiger partial charge < -0.3 is 14.9 Å². The maximum atomic E-state index is 10.9. The van der Waals surface area contributed by atoms with E-state index >= 15 is 0 Å². The summed E-state index contributed by atoms with van der Waals surface area (Å²) in [5.41, 5.74) is 1.77. The quantitative estimate of drug-likeness (QED) is 0.824. The van der Waals surface area contributed by atoms with Crippen molar-refractivity contribution in [2.45, 2.75) is 32.2 Å². The van der Waals surface area contributed by atoms with E-state index in [9.17, 15) is 4.79 Å². The fourth-order valence-corrected chi connectivity index (χ4v) is 4.82. The fraction of sp³-hybridized carbons (Fsp3) is 0.429. The molecule has 0 bridgehead atoms. The molecule has 1 aromatic carbocycles. The van der Waals surface area contributed by atoms with Gasteiger partial charge in [0.2, 0.25) is 0 Å². The lowest BCUT2D eigenvalue weighted by molar-refractivity contribution is 0.0690. The van der Waals surface area contributed by atoms with Crippen molar-refractivity contribution >= 4 is 29.1 Å². The van der Waals surface area contributed by atoms with Crippen molar-refractivity contribution < 1.29 is 9.90 Å². The number of hydrogen-bond acceptors (Lipinski definition) is 6. The summed E-state index contributed by atoms with van der Waals surface area (Å²) in [7, 11) is 0. The Balaban J connectivity index is 1.44. The highest BCUT2D eigenvalue weighted by Crippen LogP contribution is 2.45. The van der Waals surface area contributed by atoms with Crippen LogP contribution in [0.1, 0.15) is 42.2 Å². The summed E-state index contributed by atoms with van der Waals surface area (Å²) >= 11 is 6.25. The molecule has 2 fully saturated rings. The number of hydrogen-bond donors (Lipinski definition) is 1. The van der Waals surface area contributed by atoms with Crippen molar-refractivity contribution in [2.75, 3.05) is 29.4 Å². The summed E-state index contributed by atoms with van der Waals surface area (Å²) in [6.07, 6.45) is 6.06. The minimum Gasteiger partial charge on any atom is -0.476 e. The third-order valence-electron chi connectivity index (χ3n) is 6.18. The third kappa shape index (κ3) is 3.73. The van der Waals surface area contributed by atoms with Crippen molar-refractivity contribution in [3.63, 3.8) is 0 Å². The summed E-state index contributed by atoms with van der Waals surface area (Å²) in [6, 6.07) is 8.18. The standard InChI is InChI=1S/C21H22ClN5O2/c1-14-9-21(13-27(14)16-3-2-15(10-23)17(22)8-16)4-6-26(7-5-21)19-12-24-18(11-25-19)20(28)29/h2-3,8,11-12,14H,4-7,9,13H2,1H3,(H,28,29). The average Bonchev–Trinajstić information content (AvgIpc) is 3.04. The number of carboxylic acids is 1. The molecular formula is C21H22ClN5O2. The Hall–Kier alpha value is -2.85. The number of piperidine rings is 1. The monoisotopic (exact) mass is 411 g/mol. The second-order valence-electron chi connectivity index (χ2n) is 8.01. The molecule has 2 saturated heterocycles. The smallest absolute Gasteiger partial charge is 0.356 e. The van der Waals surface area contributed by atoms with Crippen LogP contribution in [0.25, 0.3) is 0 Å². The number of nitrogens with zero attached hydrogens (tertiary/aromatic N) is 5. The SMILES string of the molecule is CC1CC2(CCN(c3cnc(C(=O)O)cn3)CC2)CN1c1ccc(C#N)c(Cl)c1. The maximum absolute atomic E-state index is 10.9. The molecule has 0 saturated carbocycles. The van der Waals surface area contributed by atoms with Gasteiger partial charge in [-0.15, -0.1) is 0 Å². The number of carbonyl (C=O) groups is 1. The molecule has 150 valence electrons. The van der Waals surface area contributed by atoms with Crippen LogP contribution in [0.4, 0.5) is 11.5 Å². The number of halogens is 1. The Morgan fingerprint density at radius 1 is 1.31 bits per heavy atom. The molecule has 1 atom stereocenters. The van der Waals surface area contributed by atoms with Gasteiger partial charge in [0.15, 0.2) is 5.69 Å². The van der Waals surface area contributed by atoms with Gasteiger partial charge in [-0.25, -0.2) is 14.8 Å². The number of anilines is 2. The molecule has 0 amide bonds. The van der Waals surface area contributed by atoms with Gasteiger partial charge in [-0.3, -0.25) is 0 Å². The molecule has 1 N–H and O–H groups in total. The summed E-state index contributed by atoms with van der Waals surface area (Å²) in [6.45, 7) is 4.95. The van der Waals surface area contributed by atoms with E-state index in [1.165, 1.54) is 6.20 Å². The minimum atomic E-state index is -1.07. The Bertz CT molecular complexity index is 964. The molecule has 4 rings (SSSR count). The molecule has 1 aromatic heterocycles. The highest BCUT2D eigenvalue weighted by atomic mass is 35.5. The zero-order chi connectivity index (χ0) is 20.6. The predicted octanol–water partition coefficient (Wildman–Crippen LogP) is 3.59. The second-order valence-corrected chi connectivity index (χ2v) is 8.42. The second kappa shape index (κ2) is 7.53. The first-order valence-corrected chi connectivity index (χ1v) is 10.1. The topological polar surface area (TPSA) is 93.3 Å². The van der Waals surface area contributed by atoms with Crippen molar-refractivity contribution in [2.24, 2.45) is 5.41 Å². The lowest BCUT2D eigenvalue weighted by Crippen LogP contribution is -2.42. The normalized spacial score (nSPS) is 20.7. The van der Waals surface area contributed by atoms with Gasteiger partial charge in [-0.05, 0) is 49.8 Å². The van der Waals surface area contributed by atoms with E-state index < -0.39 is 5.97 Å². The van der Waals surface area contributed by atoms with E-state index in [2.05, 4.69) is 32.8 Å². The van der Waals surface area contributed by atoms with Gasteiger partial charge >= 0.3 is 5.97 Å². The van der Waals surface area contributed by atoms with Gasteiger partial charge in [0.25, 0.3) is 0 Å². The van der Waals surface area contributed by atoms with Crippen LogP contribution in [0.2, 0.25) is 5.02 Å². The van der Waals surface area contributed by atoms with Crippen LogP contribution in [0.15, 0.2) is 30.6 Å². The van der Waals surface area contributed by atoms with Crippen molar-refractivity contribution in [1.29, 1.82) is 5.26 Å². The summed E-state index contributed by atoms with van der Waals surface area (Å²) in [5, 5.41) is 18.6. The van der Waals surface area contributed by atoms with Crippen LogP contribution >= 0.6 is 11.6 Å². The summed E-state index contributed by atoms with van der Waals surface area (Å²) in [5.74, 6) is -0.337. The number of benzene rings is 1. The number of aromatic nitrogens is 2. The van der Waals surface area contributed by atoms with E-state index in [4.69, 9.17) is 22.0 Å². The number of carboxylic acid groups (broad SMARTS) is 1. The Kier molecular flexibility index (Phi) is 5.05. The number of aromatic carboxylic acids is 1. The third-order valence-corrected chi connectivity index (χ3v) is 6.49. The van der Waals surface area contributed by atoms with Crippen LogP contribution in [-0.4, -0.2) is 46.7 Å². The Morgan fingerprint density at radius 3 is 2.66 bits per heavy atom. The first-order chi connectivity index (χ1) is 13.9. The van der Waals surface area contributed by atoms with E-state index in [0.29, 0.717) is 16.6 Å². The zero-order valence-electron chi connectivity index (χ0n) is 16.2. The summed E-state index contributed by atoms with van der Waals surface area (Å²) < 4.78 is 0. The molecule has 0 radical (unpaired) electrons. The predicted molar refractivity (Wildman–Crippen MR) is 110 cm³/mol. The van der Waals surface area contributed by atoms with Crippen LogP contribution in [0.3, 0.4) is 0 Å². The van der Waals surface area contributed by atoms with Gasteiger partial charge in [0, 0.05) is 31.4 Å². The molecule has 1 unspecified atom stereocenters. The van der Waals surface area contributed by atoms with Gasteiger partial charge in [-0.1, -0.05) is 11.6 Å². The first-order valence-electron chi connectivity index (χ1n) is 9.67. The van der Waals surface area contributed by atoms with Crippen LogP contribution in [0.5, 0.6) is 0 Å². The molecular weight excluding hydrogens is 390 g/mol. The maximum Gasteiger partial charge on any atom is 0.356 e. The lowest BCUT2D eigenvalue weighted by atomic mass is 9.77. The van der Waals surface area contributed by atoms with Crippen molar-refractivity contribution in [1.82, 2.24) is 9.97 Å². The molecule has 3 heterocycles.